The van der Waals surface area contributed by atoms with Gasteiger partial charge in [-0.15, -0.1) is 10.2 Å². The van der Waals surface area contributed by atoms with Crippen molar-refractivity contribution < 1.29 is 4.42 Å². The van der Waals surface area contributed by atoms with Crippen molar-refractivity contribution in [1.29, 1.82) is 0 Å². The molecule has 7 heteroatoms. The minimum absolute atomic E-state index is 0.491. The summed E-state index contributed by atoms with van der Waals surface area (Å²) in [6.45, 7) is 3.40. The fraction of sp³-hybridized carbons (Fsp3) is 0.400. The molecule has 0 radical (unpaired) electrons. The van der Waals surface area contributed by atoms with Crippen molar-refractivity contribution in [1.82, 2.24) is 20.4 Å². The van der Waals surface area contributed by atoms with Crippen LogP contribution >= 0.6 is 28.1 Å². The summed E-state index contributed by atoms with van der Waals surface area (Å²) >= 11 is 8.93. The fourth-order valence-electron chi connectivity index (χ4n) is 2.21. The van der Waals surface area contributed by atoms with Gasteiger partial charge in [-0.3, -0.25) is 0 Å². The van der Waals surface area contributed by atoms with Gasteiger partial charge in [-0.2, -0.15) is 0 Å². The maximum absolute atomic E-state index is 5.81. The number of aromatic nitrogens is 2. The molecule has 116 valence electrons. The zero-order valence-electron chi connectivity index (χ0n) is 12.3. The van der Waals surface area contributed by atoms with Gasteiger partial charge in [0.05, 0.1) is 12.1 Å². The third kappa shape index (κ3) is 3.47. The molecule has 1 fully saturated rings. The largest absolute Gasteiger partial charge is 0.419 e. The van der Waals surface area contributed by atoms with Crippen molar-refractivity contribution in [3.63, 3.8) is 0 Å². The Balaban J connectivity index is 1.76. The van der Waals surface area contributed by atoms with Crippen LogP contribution in [0.5, 0.6) is 0 Å². The minimum Gasteiger partial charge on any atom is -0.419 e. The molecule has 0 bridgehead atoms. The first-order chi connectivity index (χ1) is 10.7. The Hall–Kier alpha value is -1.47. The van der Waals surface area contributed by atoms with Crippen LogP contribution < -0.4 is 5.32 Å². The van der Waals surface area contributed by atoms with E-state index >= 15 is 0 Å². The normalized spacial score (nSPS) is 13.9. The topological polar surface area (TPSA) is 54.2 Å². The van der Waals surface area contributed by atoms with E-state index in [-0.39, 0.29) is 0 Å². The van der Waals surface area contributed by atoms with Gasteiger partial charge in [0.2, 0.25) is 11.8 Å². The van der Waals surface area contributed by atoms with E-state index in [9.17, 15) is 0 Å². The monoisotopic (exact) mass is 380 g/mol. The van der Waals surface area contributed by atoms with Gasteiger partial charge in [0.25, 0.3) is 0 Å². The number of halogens is 1. The van der Waals surface area contributed by atoms with E-state index in [0.717, 1.165) is 34.5 Å². The molecule has 2 aromatic rings. The Kier molecular flexibility index (Phi) is 4.73. The van der Waals surface area contributed by atoms with Gasteiger partial charge in [-0.05, 0) is 60.0 Å². The first-order valence-electron chi connectivity index (χ1n) is 7.30. The molecule has 1 aromatic heterocycles. The molecule has 1 saturated carbocycles. The van der Waals surface area contributed by atoms with Crippen molar-refractivity contribution in [2.75, 3.05) is 6.54 Å². The molecule has 1 heterocycles. The summed E-state index contributed by atoms with van der Waals surface area (Å²) < 4.78 is 6.74. The zero-order valence-corrected chi connectivity index (χ0v) is 14.7. The molecule has 0 saturated heterocycles. The number of rotatable bonds is 5. The van der Waals surface area contributed by atoms with Crippen molar-refractivity contribution >= 4 is 33.3 Å². The summed E-state index contributed by atoms with van der Waals surface area (Å²) in [6, 6.07) is 8.29. The predicted molar refractivity (Wildman–Crippen MR) is 92.3 cm³/mol. The van der Waals surface area contributed by atoms with E-state index in [2.05, 4.69) is 36.3 Å². The third-order valence-electron chi connectivity index (χ3n) is 3.45. The molecule has 1 aromatic carbocycles. The molecule has 0 aliphatic heterocycles. The van der Waals surface area contributed by atoms with Gasteiger partial charge < -0.3 is 14.6 Å². The van der Waals surface area contributed by atoms with Crippen LogP contribution in [0.2, 0.25) is 0 Å². The number of thiocarbonyl (C=S) groups is 1. The maximum atomic E-state index is 5.81. The van der Waals surface area contributed by atoms with Gasteiger partial charge in [-0.25, -0.2) is 0 Å². The number of hydrogen-bond acceptors (Lipinski definition) is 4. The second kappa shape index (κ2) is 6.75. The van der Waals surface area contributed by atoms with Crippen LogP contribution in [-0.2, 0) is 6.54 Å². The highest BCUT2D eigenvalue weighted by atomic mass is 79.9. The molecule has 3 rings (SSSR count). The molecular weight excluding hydrogens is 364 g/mol. The van der Waals surface area contributed by atoms with Crippen LogP contribution in [-0.4, -0.2) is 32.8 Å². The Labute approximate surface area is 143 Å². The van der Waals surface area contributed by atoms with Gasteiger partial charge in [0.15, 0.2) is 5.11 Å². The molecule has 0 spiro atoms. The van der Waals surface area contributed by atoms with Crippen LogP contribution in [0, 0.1) is 0 Å². The van der Waals surface area contributed by atoms with Crippen LogP contribution in [0.25, 0.3) is 11.5 Å². The van der Waals surface area contributed by atoms with Gasteiger partial charge in [0.1, 0.15) is 0 Å². The lowest BCUT2D eigenvalue weighted by atomic mass is 10.2. The second-order valence-electron chi connectivity index (χ2n) is 5.18. The number of nitrogens with one attached hydrogen (secondary N) is 1. The molecule has 1 aliphatic rings. The van der Waals surface area contributed by atoms with Crippen molar-refractivity contribution in [3.05, 3.63) is 34.6 Å². The van der Waals surface area contributed by atoms with Crippen LogP contribution in [0.1, 0.15) is 25.7 Å². The Bertz CT molecular complexity index is 671. The molecule has 1 N–H and O–H groups in total. The lowest BCUT2D eigenvalue weighted by Crippen LogP contribution is -2.40. The average molecular weight is 381 g/mol. The summed E-state index contributed by atoms with van der Waals surface area (Å²) in [5.74, 6) is 1.10. The first kappa shape index (κ1) is 15.4. The van der Waals surface area contributed by atoms with Crippen molar-refractivity contribution in [2.45, 2.75) is 32.4 Å². The SMILES string of the molecule is CCNC(=S)N(Cc1nnc(-c2ccccc2Br)o1)C1CC1. The van der Waals surface area contributed by atoms with Crippen LogP contribution in [0.15, 0.2) is 33.2 Å². The highest BCUT2D eigenvalue weighted by molar-refractivity contribution is 9.10. The van der Waals surface area contributed by atoms with E-state index < -0.39 is 0 Å². The lowest BCUT2D eigenvalue weighted by molar-refractivity contribution is 0.343. The van der Waals surface area contributed by atoms with E-state index in [0.29, 0.717) is 24.4 Å². The third-order valence-corrected chi connectivity index (χ3v) is 4.52. The molecule has 0 amide bonds. The number of benzene rings is 1. The van der Waals surface area contributed by atoms with Crippen LogP contribution in [0.3, 0.4) is 0 Å². The lowest BCUT2D eigenvalue weighted by Gasteiger charge is -2.23. The summed E-state index contributed by atoms with van der Waals surface area (Å²) in [5, 5.41) is 12.3. The zero-order chi connectivity index (χ0) is 15.5. The molecular formula is C15H17BrN4OS. The fourth-order valence-corrected chi connectivity index (χ4v) is 3.02. The molecule has 1 aliphatic carbocycles. The van der Waals surface area contributed by atoms with E-state index in [1.807, 2.05) is 31.2 Å². The Morgan fingerprint density at radius 2 is 2.18 bits per heavy atom. The highest BCUT2D eigenvalue weighted by Crippen LogP contribution is 2.30. The Morgan fingerprint density at radius 3 is 2.86 bits per heavy atom. The predicted octanol–water partition coefficient (Wildman–Crippen LogP) is 3.36. The standard InChI is InChI=1S/C15H17BrN4OS/c1-2-17-15(22)20(10-7-8-10)9-13-18-19-14(21-13)11-5-3-4-6-12(11)16/h3-6,10H,2,7-9H2,1H3,(H,17,22). The first-order valence-corrected chi connectivity index (χ1v) is 8.51. The van der Waals surface area contributed by atoms with Crippen LogP contribution in [0.4, 0.5) is 0 Å². The van der Waals surface area contributed by atoms with Crippen molar-refractivity contribution in [3.8, 4) is 11.5 Å². The van der Waals surface area contributed by atoms with Crippen molar-refractivity contribution in [2.24, 2.45) is 0 Å². The number of hydrogen-bond donors (Lipinski definition) is 1. The van der Waals surface area contributed by atoms with E-state index in [4.69, 9.17) is 16.6 Å². The molecule has 0 unspecified atom stereocenters. The summed E-state index contributed by atoms with van der Waals surface area (Å²) in [5.41, 5.74) is 0.897. The molecule has 0 atom stereocenters. The van der Waals surface area contributed by atoms with Gasteiger partial charge in [-0.1, -0.05) is 12.1 Å². The molecule has 22 heavy (non-hydrogen) atoms. The summed E-state index contributed by atoms with van der Waals surface area (Å²) in [7, 11) is 0. The summed E-state index contributed by atoms with van der Waals surface area (Å²) in [4.78, 5) is 2.14. The van der Waals surface area contributed by atoms with Gasteiger partial charge in [0, 0.05) is 17.1 Å². The van der Waals surface area contributed by atoms with Gasteiger partial charge >= 0.3 is 0 Å². The smallest absolute Gasteiger partial charge is 0.248 e. The second-order valence-corrected chi connectivity index (χ2v) is 6.42. The number of nitrogens with zero attached hydrogens (tertiary/aromatic N) is 3. The Morgan fingerprint density at radius 1 is 1.41 bits per heavy atom. The maximum Gasteiger partial charge on any atom is 0.248 e. The quantitative estimate of drug-likeness (QED) is 0.802. The average Bonchev–Trinajstić information content (AvgIpc) is 3.24. The van der Waals surface area contributed by atoms with E-state index in [1.54, 1.807) is 0 Å². The minimum atomic E-state index is 0.491. The molecule has 5 nitrogen and oxygen atoms in total. The highest BCUT2D eigenvalue weighted by Gasteiger charge is 2.31. The van der Waals surface area contributed by atoms with E-state index in [1.165, 1.54) is 0 Å². The summed E-state index contributed by atoms with van der Waals surface area (Å²) in [6.07, 6.45) is 2.33.